The van der Waals surface area contributed by atoms with Gasteiger partial charge >= 0.3 is 0 Å². The summed E-state index contributed by atoms with van der Waals surface area (Å²) in [6, 6.07) is 5.38. The number of nitrogens with two attached hydrogens (primary N) is 2. The van der Waals surface area contributed by atoms with Crippen LogP contribution in [-0.2, 0) is 0 Å². The van der Waals surface area contributed by atoms with Gasteiger partial charge in [-0.2, -0.15) is 0 Å². The Bertz CT molecular complexity index is 696. The van der Waals surface area contributed by atoms with Crippen LogP contribution in [0.15, 0.2) is 35.0 Å². The predicted molar refractivity (Wildman–Crippen MR) is 107 cm³/mol. The summed E-state index contributed by atoms with van der Waals surface area (Å²) in [5.41, 5.74) is 12.4. The fraction of sp³-hybridized carbons (Fsp3) is 0.500. The molecule has 2 heterocycles. The summed E-state index contributed by atoms with van der Waals surface area (Å²) >= 11 is 12.0. The number of allylic oxidation sites excluding steroid dienone is 1. The van der Waals surface area contributed by atoms with E-state index in [1.807, 2.05) is 19.1 Å². The number of hydrogen-bond acceptors (Lipinski definition) is 6. The number of hydrogen-bond donors (Lipinski definition) is 3. The van der Waals surface area contributed by atoms with Crippen LogP contribution in [0.3, 0.4) is 0 Å². The Balaban J connectivity index is 1.46. The molecule has 5 N–H and O–H groups in total. The fourth-order valence-corrected chi connectivity index (χ4v) is 3.64. The first-order valence-corrected chi connectivity index (χ1v) is 9.53. The first-order valence-electron chi connectivity index (χ1n) is 8.78. The molecule has 0 saturated carbocycles. The average molecular weight is 398 g/mol. The van der Waals surface area contributed by atoms with Crippen molar-refractivity contribution in [3.05, 3.63) is 40.0 Å². The van der Waals surface area contributed by atoms with Gasteiger partial charge in [0.1, 0.15) is 17.5 Å². The lowest BCUT2D eigenvalue weighted by Gasteiger charge is -2.34. The Hall–Kier alpha value is -1.47. The van der Waals surface area contributed by atoms with Crippen LogP contribution in [0.25, 0.3) is 0 Å². The molecule has 0 radical (unpaired) electrons. The number of ether oxygens (including phenoxy) is 1. The minimum absolute atomic E-state index is 0.185. The van der Waals surface area contributed by atoms with E-state index in [-0.39, 0.29) is 6.10 Å². The topological polar surface area (TPSA) is 88.9 Å². The molecule has 2 aliphatic rings. The molecule has 0 bridgehead atoms. The average Bonchev–Trinajstić information content (AvgIpc) is 2.56. The second kappa shape index (κ2) is 8.05. The Morgan fingerprint density at radius 3 is 2.69 bits per heavy atom. The summed E-state index contributed by atoms with van der Waals surface area (Å²) < 4.78 is 6.03. The maximum Gasteiger partial charge on any atom is 0.195 e. The molecule has 8 heteroatoms. The molecule has 1 aromatic carbocycles. The van der Waals surface area contributed by atoms with Gasteiger partial charge in [-0.15, -0.1) is 0 Å². The zero-order chi connectivity index (χ0) is 18.7. The number of halogens is 2. The SMILES string of the molecule is CC1=CC(N)(CCN2CCC(Oc3ccc(Cl)c(Cl)c3)CC2)N=C(N)N1. The molecule has 2 aliphatic heterocycles. The molecule has 26 heavy (non-hydrogen) atoms. The molecule has 1 fully saturated rings. The Labute approximate surface area is 164 Å². The number of likely N-dealkylation sites (tertiary alicyclic amines) is 1. The highest BCUT2D eigenvalue weighted by Gasteiger charge is 2.28. The lowest BCUT2D eigenvalue weighted by atomic mass is 10.0. The number of piperidine rings is 1. The van der Waals surface area contributed by atoms with Gasteiger partial charge in [0.05, 0.1) is 10.0 Å². The van der Waals surface area contributed by atoms with Crippen LogP contribution in [0.4, 0.5) is 0 Å². The maximum atomic E-state index is 6.35. The molecule has 1 atom stereocenters. The maximum absolute atomic E-state index is 6.35. The fourth-order valence-electron chi connectivity index (χ4n) is 3.36. The van der Waals surface area contributed by atoms with Crippen molar-refractivity contribution in [1.82, 2.24) is 10.2 Å². The van der Waals surface area contributed by atoms with E-state index in [4.69, 9.17) is 39.4 Å². The zero-order valence-corrected chi connectivity index (χ0v) is 16.4. The summed E-state index contributed by atoms with van der Waals surface area (Å²) in [6.45, 7) is 4.73. The van der Waals surface area contributed by atoms with Crippen molar-refractivity contribution in [1.29, 1.82) is 0 Å². The van der Waals surface area contributed by atoms with Gasteiger partial charge in [0.2, 0.25) is 0 Å². The number of nitrogens with zero attached hydrogens (tertiary/aromatic N) is 2. The Morgan fingerprint density at radius 1 is 1.31 bits per heavy atom. The summed E-state index contributed by atoms with van der Waals surface area (Å²) in [6.07, 6.45) is 4.76. The minimum Gasteiger partial charge on any atom is -0.490 e. The van der Waals surface area contributed by atoms with Gasteiger partial charge in [-0.25, -0.2) is 4.99 Å². The molecule has 0 amide bonds. The number of nitrogens with one attached hydrogen (secondary N) is 1. The molecule has 0 aliphatic carbocycles. The standard InChI is InChI=1S/C18H25Cl2N5O/c1-12-11-18(22,24-17(21)23-12)6-9-25-7-4-13(5-8-25)26-14-2-3-15(19)16(20)10-14/h2-3,10-11,13H,4-9,22H2,1H3,(H3,21,23,24). The largest absolute Gasteiger partial charge is 0.490 e. The third-order valence-electron chi connectivity index (χ3n) is 4.68. The van der Waals surface area contributed by atoms with Crippen LogP contribution in [0.2, 0.25) is 10.0 Å². The lowest BCUT2D eigenvalue weighted by Crippen LogP contribution is -2.48. The van der Waals surface area contributed by atoms with Gasteiger partial charge in [0.25, 0.3) is 0 Å². The van der Waals surface area contributed by atoms with Crippen molar-refractivity contribution in [2.24, 2.45) is 16.5 Å². The van der Waals surface area contributed by atoms with Crippen molar-refractivity contribution < 1.29 is 4.74 Å². The predicted octanol–water partition coefficient (Wildman–Crippen LogP) is 2.70. The van der Waals surface area contributed by atoms with E-state index >= 15 is 0 Å². The van der Waals surface area contributed by atoms with E-state index in [0.29, 0.717) is 16.0 Å². The van der Waals surface area contributed by atoms with Gasteiger partial charge in [-0.05, 0) is 38.0 Å². The molecule has 0 spiro atoms. The van der Waals surface area contributed by atoms with Crippen molar-refractivity contribution in [2.75, 3.05) is 19.6 Å². The molecule has 1 saturated heterocycles. The summed E-state index contributed by atoms with van der Waals surface area (Å²) in [5.74, 6) is 1.14. The van der Waals surface area contributed by atoms with Gasteiger partial charge in [0.15, 0.2) is 5.96 Å². The zero-order valence-electron chi connectivity index (χ0n) is 14.8. The van der Waals surface area contributed by atoms with Gasteiger partial charge in [-0.1, -0.05) is 23.2 Å². The molecular weight excluding hydrogens is 373 g/mol. The number of rotatable bonds is 5. The van der Waals surface area contributed by atoms with Crippen molar-refractivity contribution in [2.45, 2.75) is 38.0 Å². The number of benzene rings is 1. The van der Waals surface area contributed by atoms with Crippen LogP contribution < -0.4 is 21.5 Å². The van der Waals surface area contributed by atoms with Crippen molar-refractivity contribution in [3.8, 4) is 5.75 Å². The molecule has 3 rings (SSSR count). The summed E-state index contributed by atoms with van der Waals surface area (Å²) in [5, 5.41) is 4.02. The van der Waals surface area contributed by atoms with Gasteiger partial charge in [-0.3, -0.25) is 0 Å². The third-order valence-corrected chi connectivity index (χ3v) is 5.42. The van der Waals surface area contributed by atoms with Crippen LogP contribution in [0.1, 0.15) is 26.2 Å². The second-order valence-corrected chi connectivity index (χ2v) is 7.74. The molecule has 0 aromatic heterocycles. The molecule has 6 nitrogen and oxygen atoms in total. The first-order chi connectivity index (χ1) is 12.3. The summed E-state index contributed by atoms with van der Waals surface area (Å²) in [7, 11) is 0. The van der Waals surface area contributed by atoms with Crippen LogP contribution >= 0.6 is 23.2 Å². The third kappa shape index (κ3) is 5.04. The van der Waals surface area contributed by atoms with Crippen LogP contribution in [0, 0.1) is 0 Å². The molecule has 142 valence electrons. The van der Waals surface area contributed by atoms with Gasteiger partial charge < -0.3 is 26.4 Å². The Morgan fingerprint density at radius 2 is 2.04 bits per heavy atom. The monoisotopic (exact) mass is 397 g/mol. The number of aliphatic imine (C=N–C) groups is 1. The van der Waals surface area contributed by atoms with Crippen molar-refractivity contribution in [3.63, 3.8) is 0 Å². The van der Waals surface area contributed by atoms with Crippen molar-refractivity contribution >= 4 is 29.2 Å². The normalized spacial score (nSPS) is 24.6. The van der Waals surface area contributed by atoms with E-state index in [2.05, 4.69) is 15.2 Å². The van der Waals surface area contributed by atoms with Crippen LogP contribution in [-0.4, -0.2) is 42.3 Å². The van der Waals surface area contributed by atoms with E-state index in [1.165, 1.54) is 0 Å². The highest BCUT2D eigenvalue weighted by molar-refractivity contribution is 6.42. The summed E-state index contributed by atoms with van der Waals surface area (Å²) in [4.78, 5) is 6.73. The van der Waals surface area contributed by atoms with E-state index in [0.717, 1.165) is 50.3 Å². The van der Waals surface area contributed by atoms with Crippen LogP contribution in [0.5, 0.6) is 5.75 Å². The molecule has 1 aromatic rings. The second-order valence-electron chi connectivity index (χ2n) is 6.93. The molecular formula is C18H25Cl2N5O. The molecule has 1 unspecified atom stereocenters. The first kappa shape index (κ1) is 19.3. The van der Waals surface area contributed by atoms with E-state index in [9.17, 15) is 0 Å². The minimum atomic E-state index is -0.729. The van der Waals surface area contributed by atoms with E-state index in [1.54, 1.807) is 12.1 Å². The van der Waals surface area contributed by atoms with Gasteiger partial charge in [0, 0.05) is 37.8 Å². The highest BCUT2D eigenvalue weighted by Crippen LogP contribution is 2.28. The highest BCUT2D eigenvalue weighted by atomic mass is 35.5. The number of guanidine groups is 1. The quantitative estimate of drug-likeness (QED) is 0.710. The Kier molecular flexibility index (Phi) is 5.97. The van der Waals surface area contributed by atoms with E-state index < -0.39 is 5.66 Å². The lowest BCUT2D eigenvalue weighted by molar-refractivity contribution is 0.0973. The smallest absolute Gasteiger partial charge is 0.195 e.